The number of nitrogens with one attached hydrogen (secondary N) is 1. The molecule has 1 aliphatic heterocycles. The van der Waals surface area contributed by atoms with Gasteiger partial charge in [-0.3, -0.25) is 4.90 Å². The highest BCUT2D eigenvalue weighted by atomic mass is 35.5. The lowest BCUT2D eigenvalue weighted by Gasteiger charge is -2.35. The third-order valence-corrected chi connectivity index (χ3v) is 8.47. The third kappa shape index (κ3) is 5.78. The first-order valence-electron chi connectivity index (χ1n) is 10.4. The summed E-state index contributed by atoms with van der Waals surface area (Å²) in [7, 11) is -3.59. The van der Waals surface area contributed by atoms with Crippen molar-refractivity contribution in [1.29, 1.82) is 0 Å². The highest BCUT2D eigenvalue weighted by molar-refractivity contribution is 7.89. The molecule has 0 saturated carbocycles. The molecule has 1 saturated heterocycles. The molecule has 31 heavy (non-hydrogen) atoms. The van der Waals surface area contributed by atoms with Gasteiger partial charge in [0.25, 0.3) is 0 Å². The smallest absolute Gasteiger partial charge is 0.317 e. The van der Waals surface area contributed by atoms with Crippen LogP contribution in [0.5, 0.6) is 0 Å². The monoisotopic (exact) mass is 484 g/mol. The maximum Gasteiger partial charge on any atom is 0.317 e. The topological polar surface area (TPSA) is 73.0 Å². The number of rotatable bonds is 8. The normalized spacial score (nSPS) is 16.5. The Labute approximate surface area is 193 Å². The molecule has 0 radical (unpaired) electrons. The van der Waals surface area contributed by atoms with Crippen molar-refractivity contribution in [3.05, 3.63) is 51.7 Å². The fourth-order valence-electron chi connectivity index (χ4n) is 3.77. The molecule has 10 heteroatoms. The minimum Gasteiger partial charge on any atom is -0.336 e. The fraction of sp³-hybridized carbons (Fsp3) is 0.476. The van der Waals surface area contributed by atoms with Gasteiger partial charge in [0.1, 0.15) is 0 Å². The number of benzene rings is 1. The Kier molecular flexibility index (Phi) is 8.35. The largest absolute Gasteiger partial charge is 0.336 e. The minimum absolute atomic E-state index is 0.122. The summed E-state index contributed by atoms with van der Waals surface area (Å²) < 4.78 is 27.1. The van der Waals surface area contributed by atoms with Crippen LogP contribution in [0.15, 0.2) is 46.0 Å². The summed E-state index contributed by atoms with van der Waals surface area (Å²) in [4.78, 5) is 17.0. The van der Waals surface area contributed by atoms with Gasteiger partial charge < -0.3 is 10.2 Å². The first-order valence-corrected chi connectivity index (χ1v) is 13.2. The molecule has 170 valence electrons. The van der Waals surface area contributed by atoms with Crippen LogP contribution in [-0.4, -0.2) is 74.4 Å². The summed E-state index contributed by atoms with van der Waals surface area (Å²) in [5.74, 6) is 0. The average Bonchev–Trinajstić information content (AvgIpc) is 3.31. The zero-order valence-corrected chi connectivity index (χ0v) is 20.2. The Morgan fingerprint density at radius 2 is 1.77 bits per heavy atom. The second-order valence-corrected chi connectivity index (χ2v) is 10.5. The summed E-state index contributed by atoms with van der Waals surface area (Å²) >= 11 is 7.51. The standard InChI is InChI=1S/C21H29ClN4O3S2/c1-3-24(4-2)20(17-9-14-30-16-17)15-23-21(27)25-10-12-26(13-11-25)31(28,29)19-7-5-18(22)6-8-19/h5-9,14,16,20H,3-4,10-13,15H2,1-2H3,(H,23,27). The number of thiophene rings is 1. The lowest BCUT2D eigenvalue weighted by molar-refractivity contribution is 0.164. The Morgan fingerprint density at radius 1 is 1.13 bits per heavy atom. The van der Waals surface area contributed by atoms with E-state index in [2.05, 4.69) is 35.5 Å². The molecule has 1 fully saturated rings. The highest BCUT2D eigenvalue weighted by Crippen LogP contribution is 2.23. The van der Waals surface area contributed by atoms with Gasteiger partial charge in [-0.25, -0.2) is 13.2 Å². The molecule has 2 aromatic rings. The summed E-state index contributed by atoms with van der Waals surface area (Å²) in [5.41, 5.74) is 1.20. The molecule has 1 unspecified atom stereocenters. The van der Waals surface area contributed by atoms with E-state index in [0.717, 1.165) is 13.1 Å². The van der Waals surface area contributed by atoms with Gasteiger partial charge in [-0.1, -0.05) is 25.4 Å². The molecule has 0 bridgehead atoms. The molecule has 2 amide bonds. The third-order valence-electron chi connectivity index (χ3n) is 5.60. The van der Waals surface area contributed by atoms with Crippen LogP contribution in [0.4, 0.5) is 4.79 Å². The second kappa shape index (κ2) is 10.8. The van der Waals surface area contributed by atoms with Crippen molar-refractivity contribution in [2.24, 2.45) is 0 Å². The maximum atomic E-state index is 12.8. The highest BCUT2D eigenvalue weighted by Gasteiger charge is 2.30. The molecule has 2 heterocycles. The number of halogens is 1. The number of hydrogen-bond donors (Lipinski definition) is 1. The van der Waals surface area contributed by atoms with E-state index in [4.69, 9.17) is 11.6 Å². The van der Waals surface area contributed by atoms with Crippen LogP contribution in [-0.2, 0) is 10.0 Å². The molecule has 1 aromatic carbocycles. The van der Waals surface area contributed by atoms with Gasteiger partial charge in [0.05, 0.1) is 10.9 Å². The van der Waals surface area contributed by atoms with E-state index in [1.807, 2.05) is 5.38 Å². The maximum absolute atomic E-state index is 12.8. The first kappa shape index (κ1) is 24.0. The van der Waals surface area contributed by atoms with E-state index in [-0.39, 0.29) is 30.1 Å². The van der Waals surface area contributed by atoms with E-state index in [9.17, 15) is 13.2 Å². The molecular formula is C21H29ClN4O3S2. The van der Waals surface area contributed by atoms with Crippen LogP contribution in [0.25, 0.3) is 0 Å². The van der Waals surface area contributed by atoms with Gasteiger partial charge in [-0.15, -0.1) is 0 Å². The Hall–Kier alpha value is -1.65. The average molecular weight is 485 g/mol. The Bertz CT molecular complexity index is 940. The van der Waals surface area contributed by atoms with E-state index in [0.29, 0.717) is 24.7 Å². The van der Waals surface area contributed by atoms with Gasteiger partial charge >= 0.3 is 6.03 Å². The summed E-state index contributed by atoms with van der Waals surface area (Å²) in [5, 5.41) is 7.71. The van der Waals surface area contributed by atoms with Crippen molar-refractivity contribution in [3.8, 4) is 0 Å². The lowest BCUT2D eigenvalue weighted by atomic mass is 10.1. The number of carbonyl (C=O) groups is 1. The molecule has 3 rings (SSSR count). The molecule has 1 N–H and O–H groups in total. The van der Waals surface area contributed by atoms with E-state index < -0.39 is 10.0 Å². The second-order valence-electron chi connectivity index (χ2n) is 7.32. The lowest BCUT2D eigenvalue weighted by Crippen LogP contribution is -2.53. The van der Waals surface area contributed by atoms with E-state index in [1.54, 1.807) is 28.4 Å². The van der Waals surface area contributed by atoms with Crippen LogP contribution in [0.3, 0.4) is 0 Å². The Balaban J connectivity index is 1.56. The van der Waals surface area contributed by atoms with Crippen molar-refractivity contribution >= 4 is 39.0 Å². The zero-order valence-electron chi connectivity index (χ0n) is 17.8. The quantitative estimate of drug-likeness (QED) is 0.622. The van der Waals surface area contributed by atoms with Gasteiger partial charge in [0.15, 0.2) is 0 Å². The number of carbonyl (C=O) groups excluding carboxylic acids is 1. The molecular weight excluding hydrogens is 456 g/mol. The number of urea groups is 1. The van der Waals surface area contributed by atoms with Gasteiger partial charge in [0, 0.05) is 37.7 Å². The van der Waals surface area contributed by atoms with Crippen molar-refractivity contribution in [1.82, 2.24) is 19.4 Å². The predicted molar refractivity (Wildman–Crippen MR) is 125 cm³/mol. The van der Waals surface area contributed by atoms with Gasteiger partial charge in [0.2, 0.25) is 10.0 Å². The van der Waals surface area contributed by atoms with Gasteiger partial charge in [-0.05, 0) is 59.7 Å². The number of piperazine rings is 1. The van der Waals surface area contributed by atoms with Crippen LogP contribution < -0.4 is 5.32 Å². The van der Waals surface area contributed by atoms with Crippen LogP contribution in [0.1, 0.15) is 25.5 Å². The number of amides is 2. The van der Waals surface area contributed by atoms with Gasteiger partial charge in [-0.2, -0.15) is 15.6 Å². The van der Waals surface area contributed by atoms with E-state index >= 15 is 0 Å². The molecule has 0 spiro atoms. The Morgan fingerprint density at radius 3 is 2.32 bits per heavy atom. The van der Waals surface area contributed by atoms with E-state index in [1.165, 1.54) is 22.0 Å². The van der Waals surface area contributed by atoms with Crippen molar-refractivity contribution in [2.45, 2.75) is 24.8 Å². The molecule has 1 aromatic heterocycles. The van der Waals surface area contributed by atoms with Crippen LogP contribution in [0, 0.1) is 0 Å². The fourth-order valence-corrected chi connectivity index (χ4v) is 6.02. The first-order chi connectivity index (χ1) is 14.9. The van der Waals surface area contributed by atoms with Crippen molar-refractivity contribution < 1.29 is 13.2 Å². The number of likely N-dealkylation sites (N-methyl/N-ethyl adjacent to an activating group) is 1. The predicted octanol–water partition coefficient (Wildman–Crippen LogP) is 3.50. The minimum atomic E-state index is -3.59. The number of hydrogen-bond acceptors (Lipinski definition) is 5. The SMILES string of the molecule is CCN(CC)C(CNC(=O)N1CCN(S(=O)(=O)c2ccc(Cl)cc2)CC1)c1ccsc1. The van der Waals surface area contributed by atoms with Crippen LogP contribution >= 0.6 is 22.9 Å². The van der Waals surface area contributed by atoms with Crippen molar-refractivity contribution in [2.75, 3.05) is 45.8 Å². The molecule has 0 aliphatic carbocycles. The van der Waals surface area contributed by atoms with Crippen LogP contribution in [0.2, 0.25) is 5.02 Å². The molecule has 1 atom stereocenters. The zero-order chi connectivity index (χ0) is 22.4. The molecule has 1 aliphatic rings. The number of nitrogens with zero attached hydrogens (tertiary/aromatic N) is 3. The number of sulfonamides is 1. The van der Waals surface area contributed by atoms with Crippen molar-refractivity contribution in [3.63, 3.8) is 0 Å². The summed E-state index contributed by atoms with van der Waals surface area (Å²) in [6, 6.07) is 8.21. The summed E-state index contributed by atoms with van der Waals surface area (Å²) in [6.45, 7) is 7.78. The molecule has 7 nitrogen and oxygen atoms in total. The summed E-state index contributed by atoms with van der Waals surface area (Å²) in [6.07, 6.45) is 0.